The van der Waals surface area contributed by atoms with Crippen molar-refractivity contribution in [2.24, 2.45) is 5.92 Å². The Morgan fingerprint density at radius 3 is 2.35 bits per heavy atom. The predicted octanol–water partition coefficient (Wildman–Crippen LogP) is 1.92. The Bertz CT molecular complexity index is 289. The zero-order valence-corrected chi connectivity index (χ0v) is 10.8. The third-order valence-corrected chi connectivity index (χ3v) is 5.08. The van der Waals surface area contributed by atoms with Crippen molar-refractivity contribution in [2.75, 3.05) is 7.05 Å². The van der Waals surface area contributed by atoms with Gasteiger partial charge in [0.25, 0.3) is 0 Å². The SMILES string of the molecule is CN(C(=O)CC1CCC1)C1CC2CCC(C1)N2. The highest BCUT2D eigenvalue weighted by Gasteiger charge is 2.36. The first-order valence-electron chi connectivity index (χ1n) is 7.24. The van der Waals surface area contributed by atoms with Crippen LogP contribution in [-0.2, 0) is 4.79 Å². The van der Waals surface area contributed by atoms with Crippen molar-refractivity contribution < 1.29 is 4.79 Å². The van der Waals surface area contributed by atoms with Crippen LogP contribution < -0.4 is 5.32 Å². The predicted molar refractivity (Wildman–Crippen MR) is 67.7 cm³/mol. The maximum Gasteiger partial charge on any atom is 0.222 e. The van der Waals surface area contributed by atoms with E-state index < -0.39 is 0 Å². The van der Waals surface area contributed by atoms with E-state index in [9.17, 15) is 4.79 Å². The number of rotatable bonds is 3. The summed E-state index contributed by atoms with van der Waals surface area (Å²) in [6.07, 6.45) is 9.65. The molecule has 3 heteroatoms. The highest BCUT2D eigenvalue weighted by atomic mass is 16.2. The van der Waals surface area contributed by atoms with Crippen LogP contribution in [0.5, 0.6) is 0 Å². The summed E-state index contributed by atoms with van der Waals surface area (Å²) >= 11 is 0. The van der Waals surface area contributed by atoms with E-state index >= 15 is 0 Å². The molecule has 0 aromatic carbocycles. The maximum atomic E-state index is 12.2. The monoisotopic (exact) mass is 236 g/mol. The van der Waals surface area contributed by atoms with E-state index in [4.69, 9.17) is 0 Å². The van der Waals surface area contributed by atoms with Crippen LogP contribution in [0.25, 0.3) is 0 Å². The summed E-state index contributed by atoms with van der Waals surface area (Å²) in [5, 5.41) is 3.64. The fourth-order valence-corrected chi connectivity index (χ4v) is 3.63. The van der Waals surface area contributed by atoms with Crippen molar-refractivity contribution in [3.05, 3.63) is 0 Å². The molecular weight excluding hydrogens is 212 g/mol. The highest BCUT2D eigenvalue weighted by Crippen LogP contribution is 2.32. The molecule has 96 valence electrons. The van der Waals surface area contributed by atoms with Gasteiger partial charge in [0.1, 0.15) is 0 Å². The Labute approximate surface area is 104 Å². The fourth-order valence-electron chi connectivity index (χ4n) is 3.63. The molecule has 2 bridgehead atoms. The second-order valence-electron chi connectivity index (χ2n) is 6.27. The topological polar surface area (TPSA) is 32.3 Å². The number of nitrogens with zero attached hydrogens (tertiary/aromatic N) is 1. The van der Waals surface area contributed by atoms with Crippen LogP contribution in [0.4, 0.5) is 0 Å². The molecule has 0 aromatic rings. The van der Waals surface area contributed by atoms with Crippen LogP contribution in [0, 0.1) is 5.92 Å². The summed E-state index contributed by atoms with van der Waals surface area (Å²) in [5.41, 5.74) is 0. The molecule has 0 spiro atoms. The first kappa shape index (κ1) is 11.5. The lowest BCUT2D eigenvalue weighted by Gasteiger charge is -2.37. The first-order valence-corrected chi connectivity index (χ1v) is 7.24. The molecule has 2 saturated heterocycles. The Balaban J connectivity index is 1.54. The molecule has 1 saturated carbocycles. The van der Waals surface area contributed by atoms with Crippen LogP contribution in [0.2, 0.25) is 0 Å². The number of carbonyl (C=O) groups is 1. The van der Waals surface area contributed by atoms with Crippen molar-refractivity contribution in [2.45, 2.75) is 69.5 Å². The van der Waals surface area contributed by atoms with Crippen LogP contribution in [-0.4, -0.2) is 36.0 Å². The Morgan fingerprint density at radius 1 is 1.18 bits per heavy atom. The van der Waals surface area contributed by atoms with Gasteiger partial charge in [0.15, 0.2) is 0 Å². The first-order chi connectivity index (χ1) is 8.22. The van der Waals surface area contributed by atoms with Gasteiger partial charge in [0, 0.05) is 31.6 Å². The number of carbonyl (C=O) groups excluding carboxylic acids is 1. The Morgan fingerprint density at radius 2 is 1.82 bits per heavy atom. The third-order valence-electron chi connectivity index (χ3n) is 5.08. The smallest absolute Gasteiger partial charge is 0.222 e. The average Bonchev–Trinajstić information content (AvgIpc) is 2.61. The number of nitrogens with one attached hydrogen (secondary N) is 1. The van der Waals surface area contributed by atoms with Gasteiger partial charge >= 0.3 is 0 Å². The van der Waals surface area contributed by atoms with Crippen molar-refractivity contribution in [3.63, 3.8) is 0 Å². The van der Waals surface area contributed by atoms with Crippen LogP contribution >= 0.6 is 0 Å². The van der Waals surface area contributed by atoms with Gasteiger partial charge < -0.3 is 10.2 Å². The minimum atomic E-state index is 0.390. The molecule has 3 fully saturated rings. The van der Waals surface area contributed by atoms with Crippen molar-refractivity contribution in [3.8, 4) is 0 Å². The van der Waals surface area contributed by atoms with Crippen LogP contribution in [0.15, 0.2) is 0 Å². The Kier molecular flexibility index (Phi) is 3.12. The largest absolute Gasteiger partial charge is 0.343 e. The molecule has 0 radical (unpaired) electrons. The zero-order chi connectivity index (χ0) is 11.8. The lowest BCUT2D eigenvalue weighted by atomic mass is 9.82. The van der Waals surface area contributed by atoms with Gasteiger partial charge in [-0.2, -0.15) is 0 Å². The number of hydrogen-bond donors (Lipinski definition) is 1. The van der Waals surface area contributed by atoms with Gasteiger partial charge in [-0.3, -0.25) is 4.79 Å². The molecule has 3 aliphatic rings. The van der Waals surface area contributed by atoms with Gasteiger partial charge in [-0.25, -0.2) is 0 Å². The molecule has 3 rings (SSSR count). The lowest BCUT2D eigenvalue weighted by molar-refractivity contribution is -0.134. The molecule has 1 amide bonds. The van der Waals surface area contributed by atoms with E-state index in [0.717, 1.165) is 6.42 Å². The van der Waals surface area contributed by atoms with Gasteiger partial charge in [-0.15, -0.1) is 0 Å². The van der Waals surface area contributed by atoms with Gasteiger partial charge in [0.05, 0.1) is 0 Å². The second-order valence-corrected chi connectivity index (χ2v) is 6.27. The Hall–Kier alpha value is -0.570. The molecule has 2 heterocycles. The second kappa shape index (κ2) is 4.60. The number of amides is 1. The van der Waals surface area contributed by atoms with Gasteiger partial charge in [-0.05, 0) is 44.4 Å². The maximum absolute atomic E-state index is 12.2. The summed E-state index contributed by atoms with van der Waals surface area (Å²) < 4.78 is 0. The van der Waals surface area contributed by atoms with E-state index in [1.165, 1.54) is 44.9 Å². The summed E-state index contributed by atoms with van der Waals surface area (Å²) in [4.78, 5) is 14.2. The van der Waals surface area contributed by atoms with Crippen LogP contribution in [0.3, 0.4) is 0 Å². The highest BCUT2D eigenvalue weighted by molar-refractivity contribution is 5.76. The van der Waals surface area contributed by atoms with E-state index in [-0.39, 0.29) is 0 Å². The van der Waals surface area contributed by atoms with E-state index in [2.05, 4.69) is 10.2 Å². The number of piperidine rings is 1. The summed E-state index contributed by atoms with van der Waals surface area (Å²) in [5.74, 6) is 1.09. The minimum Gasteiger partial charge on any atom is -0.343 e. The molecule has 1 aliphatic carbocycles. The number of fused-ring (bicyclic) bond motifs is 2. The minimum absolute atomic E-state index is 0.390. The third kappa shape index (κ3) is 2.35. The zero-order valence-electron chi connectivity index (χ0n) is 10.8. The molecule has 2 unspecified atom stereocenters. The van der Waals surface area contributed by atoms with Crippen LogP contribution in [0.1, 0.15) is 51.4 Å². The van der Waals surface area contributed by atoms with Gasteiger partial charge in [0.2, 0.25) is 5.91 Å². The standard InChI is InChI=1S/C14H24N2O/c1-16(14(17)7-10-3-2-4-10)13-8-11-5-6-12(9-13)15-11/h10-13,15H,2-9H2,1H3. The molecule has 0 aromatic heterocycles. The molecule has 17 heavy (non-hydrogen) atoms. The molecule has 2 aliphatic heterocycles. The molecule has 1 N–H and O–H groups in total. The summed E-state index contributed by atoms with van der Waals surface area (Å²) in [6, 6.07) is 1.86. The van der Waals surface area contributed by atoms with E-state index in [1.54, 1.807) is 0 Å². The summed E-state index contributed by atoms with van der Waals surface area (Å²) in [6.45, 7) is 0. The average molecular weight is 236 g/mol. The van der Waals surface area contributed by atoms with Crippen molar-refractivity contribution in [1.29, 1.82) is 0 Å². The molecular formula is C14H24N2O. The summed E-state index contributed by atoms with van der Waals surface area (Å²) in [7, 11) is 2.02. The van der Waals surface area contributed by atoms with Crippen molar-refractivity contribution >= 4 is 5.91 Å². The quantitative estimate of drug-likeness (QED) is 0.812. The van der Waals surface area contributed by atoms with Crippen molar-refractivity contribution in [1.82, 2.24) is 10.2 Å². The van der Waals surface area contributed by atoms with Gasteiger partial charge in [-0.1, -0.05) is 6.42 Å². The lowest BCUT2D eigenvalue weighted by Crippen LogP contribution is -2.49. The number of hydrogen-bond acceptors (Lipinski definition) is 2. The molecule has 2 atom stereocenters. The normalized spacial score (nSPS) is 36.6. The van der Waals surface area contributed by atoms with E-state index in [0.29, 0.717) is 30.0 Å². The molecule has 3 nitrogen and oxygen atoms in total. The fraction of sp³-hybridized carbons (Fsp3) is 0.929. The van der Waals surface area contributed by atoms with E-state index in [1.807, 2.05) is 7.05 Å².